The third-order valence-corrected chi connectivity index (χ3v) is 4.28. The summed E-state index contributed by atoms with van der Waals surface area (Å²) in [6, 6.07) is 9.27. The first-order valence-corrected chi connectivity index (χ1v) is 8.86. The normalized spacial score (nSPS) is 15.4. The molecule has 29 heavy (non-hydrogen) atoms. The van der Waals surface area contributed by atoms with Gasteiger partial charge in [0.25, 0.3) is 11.8 Å². The second kappa shape index (κ2) is 8.15. The molecule has 0 saturated carbocycles. The van der Waals surface area contributed by atoms with Gasteiger partial charge >= 0.3 is 12.0 Å². The van der Waals surface area contributed by atoms with E-state index in [1.54, 1.807) is 6.92 Å². The standard InChI is InChI=1S/C20H15ClN2O6/c1-2-29-16-8-3-11(9-14(16)19(26)27)10-15-17(24)22-20(28)23(18(15)25)13-6-4-12(21)5-7-13/h3-10H,2H2,1H3,(H,26,27)(H,22,24,28). The summed E-state index contributed by atoms with van der Waals surface area (Å²) in [4.78, 5) is 49.5. The molecule has 4 amide bonds. The van der Waals surface area contributed by atoms with Crippen LogP contribution in [-0.2, 0) is 9.59 Å². The molecule has 2 aromatic carbocycles. The Morgan fingerprint density at radius 3 is 2.48 bits per heavy atom. The molecular formula is C20H15ClN2O6. The first-order chi connectivity index (χ1) is 13.8. The van der Waals surface area contributed by atoms with Crippen LogP contribution in [0.5, 0.6) is 5.75 Å². The molecule has 8 nitrogen and oxygen atoms in total. The minimum atomic E-state index is -1.22. The molecule has 1 fully saturated rings. The lowest BCUT2D eigenvalue weighted by Gasteiger charge is -2.26. The number of urea groups is 1. The van der Waals surface area contributed by atoms with Crippen LogP contribution in [0.3, 0.4) is 0 Å². The number of rotatable bonds is 5. The molecule has 0 unspecified atom stereocenters. The molecule has 2 N–H and O–H groups in total. The summed E-state index contributed by atoms with van der Waals surface area (Å²) in [6.45, 7) is 1.99. The van der Waals surface area contributed by atoms with Crippen molar-refractivity contribution in [1.82, 2.24) is 5.32 Å². The fourth-order valence-electron chi connectivity index (χ4n) is 2.73. The van der Waals surface area contributed by atoms with Crippen LogP contribution in [0.25, 0.3) is 6.08 Å². The molecule has 1 aliphatic rings. The average molecular weight is 415 g/mol. The minimum Gasteiger partial charge on any atom is -0.493 e. The first kappa shape index (κ1) is 20.1. The lowest BCUT2D eigenvalue weighted by Crippen LogP contribution is -2.54. The van der Waals surface area contributed by atoms with E-state index in [-0.39, 0.29) is 34.7 Å². The second-order valence-electron chi connectivity index (χ2n) is 5.93. The summed E-state index contributed by atoms with van der Waals surface area (Å²) in [6.07, 6.45) is 1.22. The minimum absolute atomic E-state index is 0.115. The summed E-state index contributed by atoms with van der Waals surface area (Å²) >= 11 is 5.83. The lowest BCUT2D eigenvalue weighted by atomic mass is 10.0. The number of carbonyl (C=O) groups is 4. The molecule has 0 radical (unpaired) electrons. The monoisotopic (exact) mass is 414 g/mol. The zero-order chi connectivity index (χ0) is 21.1. The molecular weight excluding hydrogens is 400 g/mol. The van der Waals surface area contributed by atoms with Gasteiger partial charge in [-0.25, -0.2) is 14.5 Å². The molecule has 0 spiro atoms. The van der Waals surface area contributed by atoms with Crippen molar-refractivity contribution < 1.29 is 29.0 Å². The Morgan fingerprint density at radius 1 is 1.17 bits per heavy atom. The molecule has 0 aromatic heterocycles. The third kappa shape index (κ3) is 4.12. The average Bonchev–Trinajstić information content (AvgIpc) is 2.67. The quantitative estimate of drug-likeness (QED) is 0.574. The van der Waals surface area contributed by atoms with Crippen molar-refractivity contribution in [2.24, 2.45) is 0 Å². The third-order valence-electron chi connectivity index (χ3n) is 4.03. The van der Waals surface area contributed by atoms with Gasteiger partial charge in [-0.1, -0.05) is 17.7 Å². The topological polar surface area (TPSA) is 113 Å². The van der Waals surface area contributed by atoms with Gasteiger partial charge in [-0.2, -0.15) is 0 Å². The van der Waals surface area contributed by atoms with E-state index in [0.717, 1.165) is 4.90 Å². The van der Waals surface area contributed by atoms with E-state index in [1.807, 2.05) is 0 Å². The molecule has 148 valence electrons. The number of halogens is 1. The summed E-state index contributed by atoms with van der Waals surface area (Å²) in [5, 5.41) is 11.9. The van der Waals surface area contributed by atoms with Crippen molar-refractivity contribution >= 4 is 47.2 Å². The van der Waals surface area contributed by atoms with Gasteiger partial charge < -0.3 is 9.84 Å². The highest BCUT2D eigenvalue weighted by atomic mass is 35.5. The van der Waals surface area contributed by atoms with Gasteiger partial charge in [-0.3, -0.25) is 14.9 Å². The van der Waals surface area contributed by atoms with Crippen LogP contribution in [0.2, 0.25) is 5.02 Å². The molecule has 1 heterocycles. The van der Waals surface area contributed by atoms with E-state index >= 15 is 0 Å². The molecule has 0 bridgehead atoms. The maximum atomic E-state index is 12.8. The number of imide groups is 2. The zero-order valence-electron chi connectivity index (χ0n) is 15.1. The van der Waals surface area contributed by atoms with Crippen molar-refractivity contribution in [2.45, 2.75) is 6.92 Å². The van der Waals surface area contributed by atoms with Crippen LogP contribution in [0.1, 0.15) is 22.8 Å². The molecule has 0 aliphatic carbocycles. The number of barbiturate groups is 1. The van der Waals surface area contributed by atoms with Crippen LogP contribution in [0.4, 0.5) is 10.5 Å². The second-order valence-corrected chi connectivity index (χ2v) is 6.36. The van der Waals surface area contributed by atoms with E-state index < -0.39 is 23.8 Å². The number of ether oxygens (including phenoxy) is 1. The predicted octanol–water partition coefficient (Wildman–Crippen LogP) is 3.10. The number of hydrogen-bond acceptors (Lipinski definition) is 5. The van der Waals surface area contributed by atoms with Gasteiger partial charge in [0.2, 0.25) is 0 Å². The number of benzene rings is 2. The molecule has 1 saturated heterocycles. The maximum Gasteiger partial charge on any atom is 0.339 e. The Bertz CT molecular complexity index is 1050. The number of aromatic carboxylic acids is 1. The predicted molar refractivity (Wildman–Crippen MR) is 105 cm³/mol. The highest BCUT2D eigenvalue weighted by Gasteiger charge is 2.36. The Kier molecular flexibility index (Phi) is 5.65. The van der Waals surface area contributed by atoms with Gasteiger partial charge in [0, 0.05) is 5.02 Å². The van der Waals surface area contributed by atoms with E-state index in [0.29, 0.717) is 5.02 Å². The molecule has 9 heteroatoms. The summed E-state index contributed by atoms with van der Waals surface area (Å²) in [5.41, 5.74) is 0.0820. The van der Waals surface area contributed by atoms with Gasteiger partial charge in [-0.05, 0) is 55.0 Å². The highest BCUT2D eigenvalue weighted by Crippen LogP contribution is 2.25. The summed E-state index contributed by atoms with van der Waals surface area (Å²) in [7, 11) is 0. The number of anilines is 1. The SMILES string of the molecule is CCOc1ccc(C=C2C(=O)NC(=O)N(c3ccc(Cl)cc3)C2=O)cc1C(=O)O. The van der Waals surface area contributed by atoms with Crippen molar-refractivity contribution in [3.05, 3.63) is 64.2 Å². The van der Waals surface area contributed by atoms with Crippen LogP contribution in [0, 0.1) is 0 Å². The summed E-state index contributed by atoms with van der Waals surface area (Å²) in [5.74, 6) is -2.77. The zero-order valence-corrected chi connectivity index (χ0v) is 15.9. The van der Waals surface area contributed by atoms with Crippen molar-refractivity contribution in [2.75, 3.05) is 11.5 Å². The van der Waals surface area contributed by atoms with Gasteiger partial charge in [0.15, 0.2) is 0 Å². The molecule has 0 atom stereocenters. The van der Waals surface area contributed by atoms with Crippen LogP contribution < -0.4 is 15.0 Å². The number of nitrogens with one attached hydrogen (secondary N) is 1. The Hall–Kier alpha value is -3.65. The van der Waals surface area contributed by atoms with E-state index in [4.69, 9.17) is 16.3 Å². The van der Waals surface area contributed by atoms with Crippen molar-refractivity contribution in [3.63, 3.8) is 0 Å². The maximum absolute atomic E-state index is 12.8. The Balaban J connectivity index is 2.01. The molecule has 1 aliphatic heterocycles. The van der Waals surface area contributed by atoms with Crippen LogP contribution >= 0.6 is 11.6 Å². The van der Waals surface area contributed by atoms with Crippen LogP contribution in [0.15, 0.2) is 48.0 Å². The number of nitrogens with zero attached hydrogens (tertiary/aromatic N) is 1. The van der Waals surface area contributed by atoms with E-state index in [9.17, 15) is 24.3 Å². The van der Waals surface area contributed by atoms with Gasteiger partial charge in [0.05, 0.1) is 12.3 Å². The number of carbonyl (C=O) groups excluding carboxylic acids is 3. The smallest absolute Gasteiger partial charge is 0.339 e. The van der Waals surface area contributed by atoms with Crippen LogP contribution in [-0.4, -0.2) is 35.5 Å². The van der Waals surface area contributed by atoms with E-state index in [2.05, 4.69) is 5.32 Å². The number of amides is 4. The highest BCUT2D eigenvalue weighted by molar-refractivity contribution is 6.39. The van der Waals surface area contributed by atoms with Crippen molar-refractivity contribution in [3.8, 4) is 5.75 Å². The van der Waals surface area contributed by atoms with Gasteiger partial charge in [0.1, 0.15) is 16.9 Å². The molecule has 2 aromatic rings. The van der Waals surface area contributed by atoms with Gasteiger partial charge in [-0.15, -0.1) is 0 Å². The van der Waals surface area contributed by atoms with Crippen molar-refractivity contribution in [1.29, 1.82) is 0 Å². The summed E-state index contributed by atoms with van der Waals surface area (Å²) < 4.78 is 5.27. The number of hydrogen-bond donors (Lipinski definition) is 2. The Morgan fingerprint density at radius 2 is 1.86 bits per heavy atom. The Labute approximate surface area is 170 Å². The largest absolute Gasteiger partial charge is 0.493 e. The number of carboxylic acid groups (broad SMARTS) is 1. The fourth-order valence-corrected chi connectivity index (χ4v) is 2.86. The molecule has 3 rings (SSSR count). The van der Waals surface area contributed by atoms with E-state index in [1.165, 1.54) is 48.5 Å². The first-order valence-electron chi connectivity index (χ1n) is 8.49. The number of carboxylic acids is 1. The fraction of sp³-hybridized carbons (Fsp3) is 0.100. The lowest BCUT2D eigenvalue weighted by molar-refractivity contribution is -0.122.